The van der Waals surface area contributed by atoms with E-state index in [0.29, 0.717) is 7.35 Å². The standard InChI is InChI=1S/2C18H19Si.C4H10Si.2CH3.Hf/c2*1-19(2,3)16-12-10-15(11-13-16)18-9-5-7-14-6-4-8-17(14)18;1-3-5-4-2;;;/h2*4-13H,1-3H3;3-4H2,1-2H3;2*1H3;. The summed E-state index contributed by atoms with van der Waals surface area (Å²) >= 11 is -3.81. The van der Waals surface area contributed by atoms with Crippen LogP contribution < -0.4 is 10.4 Å². The maximum atomic E-state index is 2.89. The van der Waals surface area contributed by atoms with Gasteiger partial charge in [-0.05, 0) is 0 Å². The van der Waals surface area contributed by atoms with Crippen LogP contribution in [0, 0.1) is 0 Å². The molecule has 2 aliphatic rings. The number of hydrogen-bond donors (Lipinski definition) is 0. The fourth-order valence-electron chi connectivity index (χ4n) is 9.02. The Morgan fingerprint density at radius 2 is 0.913 bits per heavy atom. The van der Waals surface area contributed by atoms with Gasteiger partial charge < -0.3 is 0 Å². The Morgan fingerprint density at radius 1 is 0.543 bits per heavy atom. The van der Waals surface area contributed by atoms with Gasteiger partial charge in [0, 0.05) is 0 Å². The van der Waals surface area contributed by atoms with Crippen molar-refractivity contribution in [1.82, 2.24) is 0 Å². The first-order chi connectivity index (χ1) is 21.7. The van der Waals surface area contributed by atoms with Gasteiger partial charge in [-0.15, -0.1) is 0 Å². The zero-order chi connectivity index (χ0) is 33.1. The summed E-state index contributed by atoms with van der Waals surface area (Å²) in [7, 11) is -2.66. The van der Waals surface area contributed by atoms with Gasteiger partial charge in [-0.3, -0.25) is 0 Å². The van der Waals surface area contributed by atoms with Crippen LogP contribution in [0.3, 0.4) is 0 Å². The van der Waals surface area contributed by atoms with Crippen LogP contribution >= 0.6 is 0 Å². The Morgan fingerprint density at radius 3 is 1.24 bits per heavy atom. The molecule has 0 heterocycles. The normalized spacial score (nSPS) is 17.7. The Hall–Kier alpha value is -2.12. The van der Waals surface area contributed by atoms with Gasteiger partial charge in [-0.25, -0.2) is 0 Å². The molecule has 6 rings (SSSR count). The third-order valence-corrected chi connectivity index (χ3v) is 74.1. The minimum atomic E-state index is -3.81. The van der Waals surface area contributed by atoms with Crippen molar-refractivity contribution < 1.29 is 17.1 Å². The summed E-state index contributed by atoms with van der Waals surface area (Å²) in [6, 6.07) is 36.3. The van der Waals surface area contributed by atoms with Gasteiger partial charge in [0.2, 0.25) is 0 Å². The molecule has 0 fully saturated rings. The van der Waals surface area contributed by atoms with Crippen molar-refractivity contribution in [3.05, 3.63) is 119 Å². The van der Waals surface area contributed by atoms with Crippen molar-refractivity contribution in [1.29, 1.82) is 0 Å². The molecule has 0 aliphatic heterocycles. The Balaban J connectivity index is 1.48. The second-order valence-corrected chi connectivity index (χ2v) is 73.4. The predicted octanol–water partition coefficient (Wildman–Crippen LogP) is 11.8. The minimum absolute atomic E-state index is 0.572. The molecule has 4 heteroatoms. The fraction of sp³-hybridized carbons (Fsp3) is 0.333. The fourth-order valence-corrected chi connectivity index (χ4v) is 67.6. The Labute approximate surface area is 282 Å². The molecular weight excluding hydrogens is 767 g/mol. The number of allylic oxidation sites excluding steroid dienone is 2. The number of fused-ring (bicyclic) bond motifs is 2. The molecular formula is C42H54HfSi3. The van der Waals surface area contributed by atoms with Crippen LogP contribution in [0.15, 0.2) is 97.1 Å². The third kappa shape index (κ3) is 5.59. The maximum absolute atomic E-state index is 3.81. The zero-order valence-corrected chi connectivity index (χ0v) is 36.6. The van der Waals surface area contributed by atoms with Gasteiger partial charge in [-0.1, -0.05) is 0 Å². The zero-order valence-electron chi connectivity index (χ0n) is 30.0. The molecule has 0 aromatic heterocycles. The van der Waals surface area contributed by atoms with Gasteiger partial charge in [0.15, 0.2) is 0 Å². The van der Waals surface area contributed by atoms with Crippen LogP contribution in [-0.2, 0) is 17.1 Å². The van der Waals surface area contributed by atoms with E-state index >= 15 is 0 Å². The van der Waals surface area contributed by atoms with Gasteiger partial charge in [0.25, 0.3) is 0 Å². The van der Waals surface area contributed by atoms with Gasteiger partial charge in [0.1, 0.15) is 0 Å². The van der Waals surface area contributed by atoms with Crippen LogP contribution in [0.1, 0.15) is 43.5 Å². The summed E-state index contributed by atoms with van der Waals surface area (Å²) in [6.07, 6.45) is 10.4. The third-order valence-electron chi connectivity index (χ3n) is 11.9. The van der Waals surface area contributed by atoms with Crippen LogP contribution in [0.4, 0.5) is 0 Å². The van der Waals surface area contributed by atoms with Crippen molar-refractivity contribution in [2.45, 2.75) is 81.9 Å². The van der Waals surface area contributed by atoms with Crippen molar-refractivity contribution >= 4 is 44.2 Å². The molecule has 0 nitrogen and oxygen atoms in total. The topological polar surface area (TPSA) is 0 Å². The van der Waals surface area contributed by atoms with Gasteiger partial charge in [-0.2, -0.15) is 0 Å². The number of rotatable bonds is 8. The average molecular weight is 822 g/mol. The first-order valence-electron chi connectivity index (χ1n) is 17.6. The first kappa shape index (κ1) is 33.8. The molecule has 0 bridgehead atoms. The number of hydrogen-bond acceptors (Lipinski definition) is 0. The van der Waals surface area contributed by atoms with E-state index in [-0.39, 0.29) is 0 Å². The summed E-state index contributed by atoms with van der Waals surface area (Å²) in [5.41, 5.74) is 11.1. The Bertz CT molecular complexity index is 1790. The second-order valence-electron chi connectivity index (χ2n) is 16.9. The molecule has 4 aromatic carbocycles. The summed E-state index contributed by atoms with van der Waals surface area (Å²) in [4.78, 5) is 0. The SMILES string of the molecule is CC[Si](CC)=[Hf]([CH3])([CH3])([CH]1C=Cc2c(-c3ccc([Si](C)(C)C)cc3)cccc21)[CH]1C=Cc2c(-c3ccc([Si](C)(C)C)cc3)cccc21. The van der Waals surface area contributed by atoms with E-state index in [4.69, 9.17) is 0 Å². The molecule has 0 amide bonds. The summed E-state index contributed by atoms with van der Waals surface area (Å²) in [5, 5.41) is 3.07. The van der Waals surface area contributed by atoms with Crippen molar-refractivity contribution in [3.63, 3.8) is 0 Å². The van der Waals surface area contributed by atoms with Crippen LogP contribution in [-0.4, -0.2) is 21.6 Å². The summed E-state index contributed by atoms with van der Waals surface area (Å²) < 4.78 is 6.92. The molecule has 0 N–H and O–H groups in total. The second kappa shape index (κ2) is 12.1. The average Bonchev–Trinajstić information content (AvgIpc) is 3.67. The van der Waals surface area contributed by atoms with Crippen molar-refractivity contribution in [2.75, 3.05) is 0 Å². The molecule has 4 aromatic rings. The molecule has 0 saturated carbocycles. The van der Waals surface area contributed by atoms with Crippen LogP contribution in [0.25, 0.3) is 34.4 Å². The molecule has 2 aliphatic carbocycles. The molecule has 2 unspecified atom stereocenters. The molecule has 46 heavy (non-hydrogen) atoms. The van der Waals surface area contributed by atoms with E-state index < -0.39 is 38.8 Å². The van der Waals surface area contributed by atoms with E-state index in [9.17, 15) is 0 Å². The van der Waals surface area contributed by atoms with E-state index in [0.717, 1.165) is 0 Å². The quantitative estimate of drug-likeness (QED) is 0.155. The predicted molar refractivity (Wildman–Crippen MR) is 212 cm³/mol. The van der Waals surface area contributed by atoms with E-state index in [1.54, 1.807) is 11.1 Å². The monoisotopic (exact) mass is 822 g/mol. The Kier molecular flexibility index (Phi) is 8.87. The molecule has 0 saturated heterocycles. The van der Waals surface area contributed by atoms with Gasteiger partial charge >= 0.3 is 285 Å². The van der Waals surface area contributed by atoms with E-state index in [2.05, 4.69) is 172 Å². The van der Waals surface area contributed by atoms with Crippen LogP contribution in [0.5, 0.6) is 0 Å². The van der Waals surface area contributed by atoms with Crippen LogP contribution in [0.2, 0.25) is 60.7 Å². The van der Waals surface area contributed by atoms with Gasteiger partial charge in [0.05, 0.1) is 0 Å². The molecule has 0 radical (unpaired) electrons. The van der Waals surface area contributed by atoms with Crippen molar-refractivity contribution in [2.24, 2.45) is 0 Å². The molecule has 0 spiro atoms. The molecule has 238 valence electrons. The van der Waals surface area contributed by atoms with E-state index in [1.165, 1.54) is 55.8 Å². The van der Waals surface area contributed by atoms with E-state index in [1.807, 2.05) is 0 Å². The first-order valence-corrected chi connectivity index (χ1v) is 43.2. The summed E-state index contributed by atoms with van der Waals surface area (Å²) in [6.45, 7) is 19.6. The molecule has 2 atom stereocenters. The van der Waals surface area contributed by atoms with Crippen molar-refractivity contribution in [3.8, 4) is 22.3 Å². The summed E-state index contributed by atoms with van der Waals surface area (Å²) in [5.74, 6) is 0. The number of benzene rings is 4.